The Hall–Kier alpha value is -1.76. The molecule has 23 heavy (non-hydrogen) atoms. The zero-order valence-corrected chi connectivity index (χ0v) is 12.7. The Morgan fingerprint density at radius 3 is 2.61 bits per heavy atom. The van der Waals surface area contributed by atoms with E-state index in [1.54, 1.807) is 0 Å². The smallest absolute Gasteiger partial charge is 0.381 e. The molecule has 1 aromatic rings. The van der Waals surface area contributed by atoms with Crippen molar-refractivity contribution in [3.05, 3.63) is 23.8 Å². The van der Waals surface area contributed by atoms with Gasteiger partial charge in [0.15, 0.2) is 0 Å². The van der Waals surface area contributed by atoms with E-state index < -0.39 is 11.7 Å². The number of anilines is 2. The van der Waals surface area contributed by atoms with Crippen LogP contribution < -0.4 is 10.2 Å². The summed E-state index contributed by atoms with van der Waals surface area (Å²) in [4.78, 5) is 14.3. The Morgan fingerprint density at radius 1 is 1.26 bits per heavy atom. The number of hydrogen-bond donors (Lipinski definition) is 1. The van der Waals surface area contributed by atoms with E-state index in [0.717, 1.165) is 38.1 Å². The third-order valence-electron chi connectivity index (χ3n) is 4.33. The molecule has 0 saturated carbocycles. The van der Waals surface area contributed by atoms with Crippen molar-refractivity contribution in [3.8, 4) is 0 Å². The largest absolute Gasteiger partial charge is 0.416 e. The summed E-state index contributed by atoms with van der Waals surface area (Å²) in [5.74, 6) is -0.571. The molecule has 1 aromatic carbocycles. The van der Waals surface area contributed by atoms with E-state index >= 15 is 0 Å². The molecule has 0 unspecified atom stereocenters. The van der Waals surface area contributed by atoms with Crippen molar-refractivity contribution in [1.29, 1.82) is 0 Å². The number of hydrogen-bond acceptors (Lipinski definition) is 3. The second-order valence-corrected chi connectivity index (χ2v) is 5.97. The Balaban J connectivity index is 1.88. The van der Waals surface area contributed by atoms with Gasteiger partial charge in [0.05, 0.1) is 29.5 Å². The maximum Gasteiger partial charge on any atom is 0.416 e. The molecule has 0 spiro atoms. The predicted molar refractivity (Wildman–Crippen MR) is 80.4 cm³/mol. The fourth-order valence-electron chi connectivity index (χ4n) is 3.02. The average Bonchev–Trinajstić information content (AvgIpc) is 3.20. The molecule has 2 fully saturated rings. The maximum atomic E-state index is 13.0. The van der Waals surface area contributed by atoms with Gasteiger partial charge in [0, 0.05) is 19.7 Å². The van der Waals surface area contributed by atoms with Crippen molar-refractivity contribution in [3.63, 3.8) is 0 Å². The molecule has 0 aliphatic carbocycles. The normalized spacial score (nSPS) is 21.7. The molecule has 0 radical (unpaired) electrons. The molecule has 2 heterocycles. The molecule has 3 rings (SSSR count). The van der Waals surface area contributed by atoms with Crippen LogP contribution in [0.2, 0.25) is 0 Å². The van der Waals surface area contributed by atoms with Gasteiger partial charge in [0.25, 0.3) is 0 Å². The number of alkyl halides is 3. The van der Waals surface area contributed by atoms with Gasteiger partial charge in [-0.2, -0.15) is 13.2 Å². The number of nitrogens with one attached hydrogen (secondary N) is 1. The number of halogens is 3. The molecular weight excluding hydrogens is 309 g/mol. The number of carbonyl (C=O) groups is 1. The summed E-state index contributed by atoms with van der Waals surface area (Å²) >= 11 is 0. The Labute approximate surface area is 132 Å². The lowest BCUT2D eigenvalue weighted by Gasteiger charge is -2.23. The fraction of sp³-hybridized carbons (Fsp3) is 0.562. The molecule has 126 valence electrons. The first-order chi connectivity index (χ1) is 10.9. The van der Waals surface area contributed by atoms with Crippen molar-refractivity contribution in [2.45, 2.75) is 25.4 Å². The highest BCUT2D eigenvalue weighted by atomic mass is 19.4. The third kappa shape index (κ3) is 3.60. The summed E-state index contributed by atoms with van der Waals surface area (Å²) in [6.45, 7) is 2.42. The molecule has 1 atom stereocenters. The Morgan fingerprint density at radius 2 is 2.00 bits per heavy atom. The Kier molecular flexibility index (Phi) is 4.48. The van der Waals surface area contributed by atoms with Crippen molar-refractivity contribution in [2.24, 2.45) is 5.92 Å². The molecular formula is C16H19F3N2O2. The summed E-state index contributed by atoms with van der Waals surface area (Å²) < 4.78 is 44.1. The molecule has 1 N–H and O–H groups in total. The van der Waals surface area contributed by atoms with Crippen LogP contribution >= 0.6 is 0 Å². The van der Waals surface area contributed by atoms with Crippen LogP contribution in [-0.4, -0.2) is 32.2 Å². The standard InChI is InChI=1S/C16H19F3N2O2/c17-16(18,19)12-3-4-14(21-6-1-2-7-21)13(9-12)20-15(22)11-5-8-23-10-11/h3-4,9,11H,1-2,5-8,10H2,(H,20,22)/t11-/m0/s1. The van der Waals surface area contributed by atoms with Gasteiger partial charge in [-0.25, -0.2) is 0 Å². The van der Waals surface area contributed by atoms with Gasteiger partial charge in [0.1, 0.15) is 0 Å². The minimum atomic E-state index is -4.43. The SMILES string of the molecule is O=C(Nc1cc(C(F)(F)F)ccc1N1CCCC1)[C@H]1CCOC1. The monoisotopic (exact) mass is 328 g/mol. The van der Waals surface area contributed by atoms with Gasteiger partial charge < -0.3 is 15.0 Å². The zero-order chi connectivity index (χ0) is 16.4. The maximum absolute atomic E-state index is 13.0. The lowest BCUT2D eigenvalue weighted by molar-refractivity contribution is -0.137. The number of amides is 1. The average molecular weight is 328 g/mol. The quantitative estimate of drug-likeness (QED) is 0.926. The van der Waals surface area contributed by atoms with E-state index in [9.17, 15) is 18.0 Å². The second kappa shape index (κ2) is 6.39. The van der Waals surface area contributed by atoms with Crippen molar-refractivity contribution >= 4 is 17.3 Å². The topological polar surface area (TPSA) is 41.6 Å². The van der Waals surface area contributed by atoms with E-state index in [2.05, 4.69) is 5.32 Å². The second-order valence-electron chi connectivity index (χ2n) is 5.97. The van der Waals surface area contributed by atoms with Gasteiger partial charge in [-0.3, -0.25) is 4.79 Å². The van der Waals surface area contributed by atoms with Crippen molar-refractivity contribution in [2.75, 3.05) is 36.5 Å². The van der Waals surface area contributed by atoms with E-state index in [-0.39, 0.29) is 17.5 Å². The Bertz CT molecular complexity index is 577. The van der Waals surface area contributed by atoms with Gasteiger partial charge >= 0.3 is 6.18 Å². The highest BCUT2D eigenvalue weighted by Gasteiger charge is 2.32. The van der Waals surface area contributed by atoms with E-state index in [0.29, 0.717) is 25.3 Å². The predicted octanol–water partition coefficient (Wildman–Crippen LogP) is 3.28. The molecule has 7 heteroatoms. The summed E-state index contributed by atoms with van der Waals surface area (Å²) in [6, 6.07) is 3.55. The lowest BCUT2D eigenvalue weighted by atomic mass is 10.1. The molecule has 2 aliphatic heterocycles. The van der Waals surface area contributed by atoms with E-state index in [1.807, 2.05) is 4.90 Å². The summed E-state index contributed by atoms with van der Waals surface area (Å²) in [5.41, 5.74) is 0.139. The zero-order valence-electron chi connectivity index (χ0n) is 12.7. The number of carbonyl (C=O) groups excluding carboxylic acids is 1. The van der Waals surface area contributed by atoms with Gasteiger partial charge in [-0.15, -0.1) is 0 Å². The number of benzene rings is 1. The third-order valence-corrected chi connectivity index (χ3v) is 4.33. The van der Waals surface area contributed by atoms with Crippen LogP contribution in [0.25, 0.3) is 0 Å². The van der Waals surface area contributed by atoms with Gasteiger partial charge in [0.2, 0.25) is 5.91 Å². The number of rotatable bonds is 3. The molecule has 4 nitrogen and oxygen atoms in total. The first-order valence-electron chi connectivity index (χ1n) is 7.80. The van der Waals surface area contributed by atoms with Crippen LogP contribution in [0.5, 0.6) is 0 Å². The van der Waals surface area contributed by atoms with Crippen LogP contribution in [0.3, 0.4) is 0 Å². The lowest BCUT2D eigenvalue weighted by Crippen LogP contribution is -2.26. The minimum absolute atomic E-state index is 0.235. The molecule has 1 amide bonds. The van der Waals surface area contributed by atoms with E-state index in [1.165, 1.54) is 6.07 Å². The van der Waals surface area contributed by atoms with Crippen LogP contribution in [0.1, 0.15) is 24.8 Å². The van der Waals surface area contributed by atoms with Crippen LogP contribution in [0.15, 0.2) is 18.2 Å². The van der Waals surface area contributed by atoms with Crippen molar-refractivity contribution < 1.29 is 22.7 Å². The van der Waals surface area contributed by atoms with E-state index in [4.69, 9.17) is 4.74 Å². The molecule has 0 aromatic heterocycles. The van der Waals surface area contributed by atoms with Crippen LogP contribution in [0.4, 0.5) is 24.5 Å². The van der Waals surface area contributed by atoms with Gasteiger partial charge in [-0.05, 0) is 37.5 Å². The van der Waals surface area contributed by atoms with Crippen LogP contribution in [-0.2, 0) is 15.7 Å². The summed E-state index contributed by atoms with van der Waals surface area (Å²) in [5, 5.41) is 2.68. The highest BCUT2D eigenvalue weighted by Crippen LogP contribution is 2.36. The first-order valence-corrected chi connectivity index (χ1v) is 7.80. The van der Waals surface area contributed by atoms with Crippen LogP contribution in [0, 0.1) is 5.92 Å². The van der Waals surface area contributed by atoms with Crippen molar-refractivity contribution in [1.82, 2.24) is 0 Å². The molecule has 2 saturated heterocycles. The summed E-state index contributed by atoms with van der Waals surface area (Å²) in [6.07, 6.45) is -1.82. The number of ether oxygens (including phenoxy) is 1. The fourth-order valence-corrected chi connectivity index (χ4v) is 3.02. The minimum Gasteiger partial charge on any atom is -0.381 e. The summed E-state index contributed by atoms with van der Waals surface area (Å²) in [7, 11) is 0. The molecule has 0 bridgehead atoms. The van der Waals surface area contributed by atoms with Gasteiger partial charge in [-0.1, -0.05) is 0 Å². The number of nitrogens with zero attached hydrogens (tertiary/aromatic N) is 1. The molecule has 2 aliphatic rings. The highest BCUT2D eigenvalue weighted by molar-refractivity contribution is 5.96. The first kappa shape index (κ1) is 16.1.